The second-order valence-electron chi connectivity index (χ2n) is 8.62. The lowest BCUT2D eigenvalue weighted by Gasteiger charge is -2.31. The Kier molecular flexibility index (Phi) is 7.89. The van der Waals surface area contributed by atoms with Crippen LogP contribution in [0.3, 0.4) is 0 Å². The molecular formula is C23H30ClN3O3S2. The maximum absolute atomic E-state index is 13.0. The van der Waals surface area contributed by atoms with Crippen LogP contribution in [0.1, 0.15) is 47.3 Å². The number of carbonyl (C=O) groups is 1. The van der Waals surface area contributed by atoms with E-state index in [0.717, 1.165) is 51.7 Å². The van der Waals surface area contributed by atoms with Crippen molar-refractivity contribution in [3.05, 3.63) is 51.2 Å². The second kappa shape index (κ2) is 10.7. The summed E-state index contributed by atoms with van der Waals surface area (Å²) in [4.78, 5) is 16.6. The van der Waals surface area contributed by atoms with Gasteiger partial charge in [0.25, 0.3) is 5.91 Å². The number of halogens is 1. The highest BCUT2D eigenvalue weighted by Gasteiger charge is 2.29. The molecule has 174 valence electrons. The van der Waals surface area contributed by atoms with Crippen molar-refractivity contribution in [3.63, 3.8) is 0 Å². The van der Waals surface area contributed by atoms with E-state index in [2.05, 4.69) is 27.7 Å². The van der Waals surface area contributed by atoms with Crippen LogP contribution in [0.4, 0.5) is 0 Å². The summed E-state index contributed by atoms with van der Waals surface area (Å²) >= 11 is 8.01. The Hall–Kier alpha value is -1.45. The number of amides is 1. The minimum atomic E-state index is -3.70. The number of benzene rings is 1. The number of nitrogens with zero attached hydrogens (tertiary/aromatic N) is 2. The molecule has 0 radical (unpaired) electrons. The number of hydrogen-bond acceptors (Lipinski definition) is 5. The van der Waals surface area contributed by atoms with Gasteiger partial charge >= 0.3 is 0 Å². The molecule has 1 N–H and O–H groups in total. The number of carbonyl (C=O) groups excluding carboxylic acids is 1. The van der Waals surface area contributed by atoms with Crippen molar-refractivity contribution in [1.29, 1.82) is 0 Å². The Balaban J connectivity index is 1.32. The van der Waals surface area contributed by atoms with Crippen molar-refractivity contribution in [2.45, 2.75) is 43.5 Å². The number of rotatable bonds is 7. The summed E-state index contributed by atoms with van der Waals surface area (Å²) in [7, 11) is -3.70. The fourth-order valence-electron chi connectivity index (χ4n) is 4.40. The summed E-state index contributed by atoms with van der Waals surface area (Å²) in [6.45, 7) is 4.65. The molecule has 0 atom stereocenters. The SMILES string of the molecule is O=C(NCC1CCN(Cc2cccs2)CC1)c1ccc(Cl)c(S(=O)(=O)N2CCCCC2)c1. The maximum Gasteiger partial charge on any atom is 0.251 e. The van der Waals surface area contributed by atoms with Gasteiger partial charge in [0.05, 0.1) is 5.02 Å². The molecule has 0 aliphatic carbocycles. The van der Waals surface area contributed by atoms with Crippen LogP contribution in [-0.4, -0.2) is 56.3 Å². The molecule has 2 aliphatic rings. The van der Waals surface area contributed by atoms with Gasteiger partial charge in [0.2, 0.25) is 10.0 Å². The first-order chi connectivity index (χ1) is 15.4. The molecule has 4 rings (SSSR count). The second-order valence-corrected chi connectivity index (χ2v) is 12.0. The van der Waals surface area contributed by atoms with E-state index in [1.165, 1.54) is 21.3 Å². The highest BCUT2D eigenvalue weighted by molar-refractivity contribution is 7.89. The lowest BCUT2D eigenvalue weighted by atomic mass is 9.96. The molecule has 1 aromatic heterocycles. The van der Waals surface area contributed by atoms with E-state index in [9.17, 15) is 13.2 Å². The quantitative estimate of drug-likeness (QED) is 0.624. The van der Waals surface area contributed by atoms with E-state index >= 15 is 0 Å². The Morgan fingerprint density at radius 1 is 1.09 bits per heavy atom. The average Bonchev–Trinajstić information content (AvgIpc) is 3.32. The first-order valence-electron chi connectivity index (χ1n) is 11.3. The Morgan fingerprint density at radius 2 is 1.84 bits per heavy atom. The lowest BCUT2D eigenvalue weighted by Crippen LogP contribution is -2.38. The average molecular weight is 496 g/mol. The van der Waals surface area contributed by atoms with E-state index in [-0.39, 0.29) is 15.8 Å². The van der Waals surface area contributed by atoms with Crippen LogP contribution in [0.2, 0.25) is 5.02 Å². The third-order valence-electron chi connectivity index (χ3n) is 6.34. The van der Waals surface area contributed by atoms with Gasteiger partial charge < -0.3 is 5.32 Å². The normalized spacial score (nSPS) is 19.2. The minimum absolute atomic E-state index is 0.0237. The van der Waals surface area contributed by atoms with Crippen LogP contribution in [0, 0.1) is 5.92 Å². The molecule has 32 heavy (non-hydrogen) atoms. The van der Waals surface area contributed by atoms with Crippen LogP contribution in [0.25, 0.3) is 0 Å². The minimum Gasteiger partial charge on any atom is -0.352 e. The first-order valence-corrected chi connectivity index (χ1v) is 14.0. The topological polar surface area (TPSA) is 69.7 Å². The van der Waals surface area contributed by atoms with Gasteiger partial charge in [-0.05, 0) is 74.3 Å². The van der Waals surface area contributed by atoms with Crippen LogP contribution in [0.15, 0.2) is 40.6 Å². The van der Waals surface area contributed by atoms with Crippen molar-refractivity contribution in [1.82, 2.24) is 14.5 Å². The number of thiophene rings is 1. The summed E-state index contributed by atoms with van der Waals surface area (Å²) in [6.07, 6.45) is 4.82. The number of hydrogen-bond donors (Lipinski definition) is 1. The Morgan fingerprint density at radius 3 is 2.53 bits per heavy atom. The van der Waals surface area contributed by atoms with Crippen LogP contribution in [0.5, 0.6) is 0 Å². The van der Waals surface area contributed by atoms with Gasteiger partial charge in [-0.3, -0.25) is 9.69 Å². The summed E-state index contributed by atoms with van der Waals surface area (Å²) in [6, 6.07) is 8.78. The van der Waals surface area contributed by atoms with Crippen LogP contribution < -0.4 is 5.32 Å². The summed E-state index contributed by atoms with van der Waals surface area (Å²) < 4.78 is 27.6. The van der Waals surface area contributed by atoms with Gasteiger partial charge in [0.15, 0.2) is 0 Å². The van der Waals surface area contributed by atoms with E-state index in [1.807, 2.05) is 0 Å². The molecule has 2 fully saturated rings. The van der Waals surface area contributed by atoms with Crippen molar-refractivity contribution < 1.29 is 13.2 Å². The van der Waals surface area contributed by atoms with E-state index in [4.69, 9.17) is 11.6 Å². The fraction of sp³-hybridized carbons (Fsp3) is 0.522. The molecule has 0 saturated carbocycles. The fourth-order valence-corrected chi connectivity index (χ4v) is 7.16. The molecule has 2 aliphatic heterocycles. The molecule has 0 spiro atoms. The molecule has 2 aromatic rings. The molecule has 0 bridgehead atoms. The summed E-state index contributed by atoms with van der Waals surface area (Å²) in [5.41, 5.74) is 0.333. The summed E-state index contributed by atoms with van der Waals surface area (Å²) in [5, 5.41) is 5.27. The highest BCUT2D eigenvalue weighted by atomic mass is 35.5. The van der Waals surface area contributed by atoms with E-state index in [1.54, 1.807) is 17.4 Å². The highest BCUT2D eigenvalue weighted by Crippen LogP contribution is 2.28. The van der Waals surface area contributed by atoms with Gasteiger partial charge in [0.1, 0.15) is 4.90 Å². The van der Waals surface area contributed by atoms with Gasteiger partial charge in [-0.25, -0.2) is 8.42 Å². The smallest absolute Gasteiger partial charge is 0.251 e. The predicted octanol–water partition coefficient (Wildman–Crippen LogP) is 4.22. The van der Waals surface area contributed by atoms with Gasteiger partial charge in [-0.2, -0.15) is 4.31 Å². The Labute approximate surface area is 199 Å². The van der Waals surface area contributed by atoms with Gasteiger partial charge in [-0.1, -0.05) is 24.1 Å². The Bertz CT molecular complexity index is 1010. The maximum atomic E-state index is 13.0. The third-order valence-corrected chi connectivity index (χ3v) is 9.59. The molecule has 2 saturated heterocycles. The number of sulfonamides is 1. The molecule has 0 unspecified atom stereocenters. The number of nitrogens with one attached hydrogen (secondary N) is 1. The van der Waals surface area contributed by atoms with Crippen LogP contribution in [-0.2, 0) is 16.6 Å². The first kappa shape index (κ1) is 23.7. The van der Waals surface area contributed by atoms with Gasteiger partial charge in [0, 0.05) is 36.6 Å². The standard InChI is InChI=1S/C23H30ClN3O3S2/c24-21-7-6-19(15-22(21)32(29,30)27-10-2-1-3-11-27)23(28)25-16-18-8-12-26(13-9-18)17-20-5-4-14-31-20/h4-7,14-15,18H,1-3,8-13,16-17H2,(H,25,28). The molecular weight excluding hydrogens is 466 g/mol. The van der Waals surface area contributed by atoms with Crippen molar-refractivity contribution in [3.8, 4) is 0 Å². The zero-order chi connectivity index (χ0) is 22.6. The number of piperidine rings is 2. The third kappa shape index (κ3) is 5.72. The molecule has 6 nitrogen and oxygen atoms in total. The van der Waals surface area contributed by atoms with Gasteiger partial charge in [-0.15, -0.1) is 11.3 Å². The van der Waals surface area contributed by atoms with Crippen LogP contribution >= 0.6 is 22.9 Å². The zero-order valence-corrected chi connectivity index (χ0v) is 20.5. The van der Waals surface area contributed by atoms with Crippen molar-refractivity contribution >= 4 is 38.9 Å². The van der Waals surface area contributed by atoms with Crippen molar-refractivity contribution in [2.24, 2.45) is 5.92 Å². The van der Waals surface area contributed by atoms with E-state index in [0.29, 0.717) is 31.1 Å². The lowest BCUT2D eigenvalue weighted by molar-refractivity contribution is 0.0935. The number of likely N-dealkylation sites (tertiary alicyclic amines) is 1. The summed E-state index contributed by atoms with van der Waals surface area (Å²) in [5.74, 6) is 0.181. The molecule has 1 amide bonds. The largest absolute Gasteiger partial charge is 0.352 e. The zero-order valence-electron chi connectivity index (χ0n) is 18.1. The molecule has 9 heteroatoms. The molecule has 3 heterocycles. The monoisotopic (exact) mass is 495 g/mol. The van der Waals surface area contributed by atoms with E-state index < -0.39 is 10.0 Å². The predicted molar refractivity (Wildman–Crippen MR) is 129 cm³/mol. The molecule has 1 aromatic carbocycles. The van der Waals surface area contributed by atoms with Crippen molar-refractivity contribution in [2.75, 3.05) is 32.7 Å².